The first-order valence-corrected chi connectivity index (χ1v) is 5.66. The summed E-state index contributed by atoms with van der Waals surface area (Å²) in [5, 5.41) is 8.69. The normalized spacial score (nSPS) is 18.1. The average molecular weight is 236 g/mol. The Labute approximate surface area is 99.9 Å². The highest BCUT2D eigenvalue weighted by Crippen LogP contribution is 2.04. The highest BCUT2D eigenvalue weighted by atomic mass is 16.4. The van der Waals surface area contributed by atoms with Crippen molar-refractivity contribution in [2.75, 3.05) is 32.7 Å². The molecule has 2 heterocycles. The van der Waals surface area contributed by atoms with Gasteiger partial charge in [0.05, 0.1) is 13.1 Å². The molecule has 0 atom stereocenters. The van der Waals surface area contributed by atoms with E-state index in [1.807, 2.05) is 4.90 Å². The molecule has 0 aliphatic carbocycles. The van der Waals surface area contributed by atoms with E-state index in [-0.39, 0.29) is 6.54 Å². The Balaban J connectivity index is 1.78. The molecule has 0 saturated carbocycles. The molecular weight excluding hydrogens is 220 g/mol. The predicted octanol–water partition coefficient (Wildman–Crippen LogP) is -0.321. The lowest BCUT2D eigenvalue weighted by Gasteiger charge is -2.33. The van der Waals surface area contributed by atoms with Gasteiger partial charge in [-0.15, -0.1) is 0 Å². The number of carboxylic acid groups (broad SMARTS) is 1. The van der Waals surface area contributed by atoms with Crippen molar-refractivity contribution in [2.24, 2.45) is 0 Å². The molecule has 0 radical (unpaired) electrons. The number of carbonyl (C=O) groups is 1. The molecule has 1 aromatic rings. The fourth-order valence-electron chi connectivity index (χ4n) is 1.91. The third-order valence-corrected chi connectivity index (χ3v) is 2.81. The minimum atomic E-state index is -0.759. The second kappa shape index (κ2) is 5.70. The van der Waals surface area contributed by atoms with Gasteiger partial charge >= 0.3 is 5.97 Å². The number of hydrogen-bond donors (Lipinski definition) is 1. The first-order chi connectivity index (χ1) is 8.24. The largest absolute Gasteiger partial charge is 0.480 e. The maximum atomic E-state index is 10.6. The summed E-state index contributed by atoms with van der Waals surface area (Å²) in [5.41, 5.74) is 0. The summed E-state index contributed by atoms with van der Waals surface area (Å²) in [7, 11) is 0. The predicted molar refractivity (Wildman–Crippen MR) is 61.4 cm³/mol. The zero-order chi connectivity index (χ0) is 12.1. The Morgan fingerprint density at radius 1 is 1.18 bits per heavy atom. The van der Waals surface area contributed by atoms with Gasteiger partial charge in [0.15, 0.2) is 0 Å². The number of aromatic nitrogens is 2. The molecular formula is C11H16N4O2. The molecule has 0 bridgehead atoms. The summed E-state index contributed by atoms with van der Waals surface area (Å²) in [6.07, 6.45) is 3.48. The topological polar surface area (TPSA) is 69.6 Å². The quantitative estimate of drug-likeness (QED) is 0.772. The molecule has 2 rings (SSSR count). The summed E-state index contributed by atoms with van der Waals surface area (Å²) in [4.78, 5) is 23.1. The van der Waals surface area contributed by atoms with E-state index in [4.69, 9.17) is 5.11 Å². The lowest BCUT2D eigenvalue weighted by Crippen LogP contribution is -2.47. The molecule has 1 aromatic heterocycles. The molecule has 1 aliphatic rings. The molecule has 92 valence electrons. The smallest absolute Gasteiger partial charge is 0.317 e. The van der Waals surface area contributed by atoms with Crippen LogP contribution in [0.4, 0.5) is 0 Å². The molecule has 0 amide bonds. The third kappa shape index (κ3) is 3.76. The number of hydrogen-bond acceptors (Lipinski definition) is 5. The molecule has 0 unspecified atom stereocenters. The zero-order valence-corrected chi connectivity index (χ0v) is 9.62. The van der Waals surface area contributed by atoms with Gasteiger partial charge in [-0.05, 0) is 6.07 Å². The monoisotopic (exact) mass is 236 g/mol. The molecule has 0 aromatic carbocycles. The molecule has 6 nitrogen and oxygen atoms in total. The van der Waals surface area contributed by atoms with Crippen molar-refractivity contribution in [3.05, 3.63) is 24.3 Å². The first-order valence-electron chi connectivity index (χ1n) is 5.66. The van der Waals surface area contributed by atoms with Gasteiger partial charge < -0.3 is 5.11 Å². The maximum absolute atomic E-state index is 10.6. The molecule has 1 aliphatic heterocycles. The van der Waals surface area contributed by atoms with E-state index >= 15 is 0 Å². The second-order valence-electron chi connectivity index (χ2n) is 4.11. The minimum absolute atomic E-state index is 0.135. The Bertz CT molecular complexity index is 363. The standard InChI is InChI=1S/C11H16N4O2/c16-11(17)9-15-6-4-14(5-7-15)8-10-12-2-1-3-13-10/h1-3H,4-9H2,(H,16,17). The summed E-state index contributed by atoms with van der Waals surface area (Å²) < 4.78 is 0. The molecule has 6 heteroatoms. The Kier molecular flexibility index (Phi) is 4.00. The molecule has 1 N–H and O–H groups in total. The molecule has 0 spiro atoms. The van der Waals surface area contributed by atoms with Crippen molar-refractivity contribution in [1.29, 1.82) is 0 Å². The van der Waals surface area contributed by atoms with Gasteiger partial charge in [0, 0.05) is 38.6 Å². The van der Waals surface area contributed by atoms with Crippen LogP contribution in [0.2, 0.25) is 0 Å². The third-order valence-electron chi connectivity index (χ3n) is 2.81. The first kappa shape index (κ1) is 11.9. The summed E-state index contributed by atoms with van der Waals surface area (Å²) >= 11 is 0. The van der Waals surface area contributed by atoms with Crippen LogP contribution in [0.1, 0.15) is 5.82 Å². The lowest BCUT2D eigenvalue weighted by molar-refractivity contribution is -0.138. The van der Waals surface area contributed by atoms with Gasteiger partial charge in [0.1, 0.15) is 5.82 Å². The van der Waals surface area contributed by atoms with Gasteiger partial charge in [-0.2, -0.15) is 0 Å². The van der Waals surface area contributed by atoms with Gasteiger partial charge in [-0.3, -0.25) is 14.6 Å². The molecule has 1 saturated heterocycles. The second-order valence-corrected chi connectivity index (χ2v) is 4.11. The van der Waals surface area contributed by atoms with Crippen molar-refractivity contribution in [2.45, 2.75) is 6.54 Å². The van der Waals surface area contributed by atoms with Crippen molar-refractivity contribution in [1.82, 2.24) is 19.8 Å². The van der Waals surface area contributed by atoms with Crippen molar-refractivity contribution in [3.63, 3.8) is 0 Å². The highest BCUT2D eigenvalue weighted by molar-refractivity contribution is 5.69. The van der Waals surface area contributed by atoms with E-state index in [2.05, 4.69) is 14.9 Å². The number of rotatable bonds is 4. The van der Waals surface area contributed by atoms with Crippen LogP contribution in [0.5, 0.6) is 0 Å². The van der Waals surface area contributed by atoms with Crippen molar-refractivity contribution < 1.29 is 9.90 Å². The summed E-state index contributed by atoms with van der Waals surface area (Å²) in [5.74, 6) is 0.0593. The van der Waals surface area contributed by atoms with Gasteiger partial charge in [0.25, 0.3) is 0 Å². The molecule has 17 heavy (non-hydrogen) atoms. The van der Waals surface area contributed by atoms with Crippen molar-refractivity contribution >= 4 is 5.97 Å². The van der Waals surface area contributed by atoms with Crippen LogP contribution in [0.3, 0.4) is 0 Å². The Hall–Kier alpha value is -1.53. The lowest BCUT2D eigenvalue weighted by atomic mass is 10.3. The minimum Gasteiger partial charge on any atom is -0.480 e. The van der Waals surface area contributed by atoms with E-state index in [0.29, 0.717) is 0 Å². The van der Waals surface area contributed by atoms with E-state index in [9.17, 15) is 4.79 Å². The van der Waals surface area contributed by atoms with Crippen LogP contribution in [0.15, 0.2) is 18.5 Å². The van der Waals surface area contributed by atoms with Crippen LogP contribution in [-0.2, 0) is 11.3 Å². The number of piperazine rings is 1. The number of carboxylic acids is 1. The van der Waals surface area contributed by atoms with E-state index in [0.717, 1.165) is 38.5 Å². The Morgan fingerprint density at radius 2 is 1.76 bits per heavy atom. The zero-order valence-electron chi connectivity index (χ0n) is 9.62. The van der Waals surface area contributed by atoms with Crippen molar-refractivity contribution in [3.8, 4) is 0 Å². The van der Waals surface area contributed by atoms with Crippen LogP contribution < -0.4 is 0 Å². The van der Waals surface area contributed by atoms with Crippen LogP contribution in [0.25, 0.3) is 0 Å². The van der Waals surface area contributed by atoms with Gasteiger partial charge in [0.2, 0.25) is 0 Å². The van der Waals surface area contributed by atoms with E-state index < -0.39 is 5.97 Å². The maximum Gasteiger partial charge on any atom is 0.317 e. The van der Waals surface area contributed by atoms with Crippen LogP contribution >= 0.6 is 0 Å². The van der Waals surface area contributed by atoms with Crippen LogP contribution in [0, 0.1) is 0 Å². The fraction of sp³-hybridized carbons (Fsp3) is 0.545. The van der Waals surface area contributed by atoms with Gasteiger partial charge in [-0.1, -0.05) is 0 Å². The van der Waals surface area contributed by atoms with Crippen LogP contribution in [-0.4, -0.2) is 63.6 Å². The average Bonchev–Trinajstić information content (AvgIpc) is 2.32. The van der Waals surface area contributed by atoms with E-state index in [1.54, 1.807) is 18.5 Å². The summed E-state index contributed by atoms with van der Waals surface area (Å²) in [6, 6.07) is 1.80. The van der Waals surface area contributed by atoms with E-state index in [1.165, 1.54) is 0 Å². The number of aliphatic carboxylic acids is 1. The summed E-state index contributed by atoms with van der Waals surface area (Å²) in [6.45, 7) is 4.19. The number of nitrogens with zero attached hydrogens (tertiary/aromatic N) is 4. The highest BCUT2D eigenvalue weighted by Gasteiger charge is 2.18. The van der Waals surface area contributed by atoms with Gasteiger partial charge in [-0.25, -0.2) is 9.97 Å². The molecule has 1 fully saturated rings. The Morgan fingerprint density at radius 3 is 2.35 bits per heavy atom. The fourth-order valence-corrected chi connectivity index (χ4v) is 1.91. The SMILES string of the molecule is O=C(O)CN1CCN(Cc2ncccn2)CC1.